The fraction of sp³-hybridized carbons (Fsp3) is 0.667. The summed E-state index contributed by atoms with van der Waals surface area (Å²) in [6.45, 7) is 8.14. The van der Waals surface area contributed by atoms with E-state index in [1.807, 2.05) is 25.6 Å². The number of imide groups is 1. The number of hydrogen-bond acceptors (Lipinski definition) is 4. The molecule has 2 saturated heterocycles. The maximum absolute atomic E-state index is 12.2. The molecule has 0 aliphatic carbocycles. The standard InChI is InChI=1S/C18H29N7O2.HI/c1-11-14(12(2)24(5)23-11)10-20-16(19-4)25-8-6-13(7-9-25)18(3)15(26)21-17(27)22-18;/h13H,6-10H2,1-5H3,(H,19,20)(H2,21,22,26,27);1H. The number of carbonyl (C=O) groups excluding carboxylic acids is 2. The van der Waals surface area contributed by atoms with Crippen molar-refractivity contribution >= 4 is 41.9 Å². The second-order valence-corrected chi connectivity index (χ2v) is 7.55. The van der Waals surface area contributed by atoms with E-state index in [4.69, 9.17) is 0 Å². The number of nitrogens with zero attached hydrogens (tertiary/aromatic N) is 4. The minimum atomic E-state index is -0.815. The van der Waals surface area contributed by atoms with Gasteiger partial charge in [0.05, 0.1) is 5.69 Å². The molecule has 3 N–H and O–H groups in total. The predicted molar refractivity (Wildman–Crippen MR) is 118 cm³/mol. The molecule has 10 heteroatoms. The molecule has 1 aromatic heterocycles. The number of guanidine groups is 1. The number of aromatic nitrogens is 2. The Hall–Kier alpha value is -1.85. The van der Waals surface area contributed by atoms with Crippen molar-refractivity contribution in [2.24, 2.45) is 18.0 Å². The van der Waals surface area contributed by atoms with Crippen LogP contribution in [0, 0.1) is 19.8 Å². The quantitative estimate of drug-likeness (QED) is 0.248. The summed E-state index contributed by atoms with van der Waals surface area (Å²) >= 11 is 0. The van der Waals surface area contributed by atoms with Gasteiger partial charge in [0.1, 0.15) is 5.54 Å². The Morgan fingerprint density at radius 2 is 1.96 bits per heavy atom. The molecule has 0 spiro atoms. The monoisotopic (exact) mass is 503 g/mol. The molecule has 28 heavy (non-hydrogen) atoms. The van der Waals surface area contributed by atoms with Crippen molar-refractivity contribution in [1.82, 2.24) is 30.6 Å². The summed E-state index contributed by atoms with van der Waals surface area (Å²) in [7, 11) is 3.73. The molecule has 3 amide bonds. The van der Waals surface area contributed by atoms with Crippen molar-refractivity contribution in [2.75, 3.05) is 20.1 Å². The van der Waals surface area contributed by atoms with Crippen LogP contribution in [0.5, 0.6) is 0 Å². The fourth-order valence-electron chi connectivity index (χ4n) is 4.09. The van der Waals surface area contributed by atoms with Gasteiger partial charge < -0.3 is 15.5 Å². The summed E-state index contributed by atoms with van der Waals surface area (Å²) in [4.78, 5) is 30.3. The molecule has 0 saturated carbocycles. The smallest absolute Gasteiger partial charge is 0.322 e. The van der Waals surface area contributed by atoms with E-state index in [1.54, 1.807) is 7.05 Å². The first-order valence-corrected chi connectivity index (χ1v) is 9.34. The number of urea groups is 1. The van der Waals surface area contributed by atoms with Gasteiger partial charge in [0, 0.05) is 45.0 Å². The lowest BCUT2D eigenvalue weighted by Crippen LogP contribution is -2.55. The molecule has 1 unspecified atom stereocenters. The number of likely N-dealkylation sites (tertiary alicyclic amines) is 1. The third kappa shape index (κ3) is 4.11. The normalized spacial score (nSPS) is 23.3. The molecule has 0 bridgehead atoms. The van der Waals surface area contributed by atoms with Crippen molar-refractivity contribution in [2.45, 2.75) is 45.7 Å². The lowest BCUT2D eigenvalue weighted by atomic mass is 9.79. The van der Waals surface area contributed by atoms with Crippen LogP contribution in [0.15, 0.2) is 4.99 Å². The molecule has 156 valence electrons. The summed E-state index contributed by atoms with van der Waals surface area (Å²) in [6.07, 6.45) is 1.63. The number of piperidine rings is 1. The molecule has 2 fully saturated rings. The topological polar surface area (TPSA) is 104 Å². The maximum Gasteiger partial charge on any atom is 0.322 e. The van der Waals surface area contributed by atoms with Crippen LogP contribution in [0.4, 0.5) is 4.79 Å². The lowest BCUT2D eigenvalue weighted by Gasteiger charge is -2.39. The first-order chi connectivity index (χ1) is 12.8. The molecular weight excluding hydrogens is 473 g/mol. The second-order valence-electron chi connectivity index (χ2n) is 7.55. The van der Waals surface area contributed by atoms with Crippen LogP contribution in [0.25, 0.3) is 0 Å². The number of amides is 3. The van der Waals surface area contributed by atoms with Gasteiger partial charge in [0.25, 0.3) is 5.91 Å². The van der Waals surface area contributed by atoms with Crippen LogP contribution in [-0.2, 0) is 18.4 Å². The van der Waals surface area contributed by atoms with E-state index < -0.39 is 11.6 Å². The van der Waals surface area contributed by atoms with E-state index in [2.05, 4.69) is 37.9 Å². The first-order valence-electron chi connectivity index (χ1n) is 9.34. The van der Waals surface area contributed by atoms with Gasteiger partial charge in [-0.15, -0.1) is 24.0 Å². The van der Waals surface area contributed by atoms with Gasteiger partial charge in [0.15, 0.2) is 5.96 Å². The van der Waals surface area contributed by atoms with Crippen molar-refractivity contribution in [3.05, 3.63) is 17.0 Å². The van der Waals surface area contributed by atoms with Gasteiger partial charge >= 0.3 is 6.03 Å². The van der Waals surface area contributed by atoms with Crippen molar-refractivity contribution < 1.29 is 9.59 Å². The fourth-order valence-corrected chi connectivity index (χ4v) is 4.09. The zero-order valence-electron chi connectivity index (χ0n) is 17.1. The van der Waals surface area contributed by atoms with Gasteiger partial charge in [-0.25, -0.2) is 4.79 Å². The van der Waals surface area contributed by atoms with Crippen LogP contribution in [0.1, 0.15) is 36.7 Å². The number of aryl methyl sites for hydroxylation is 2. The molecule has 3 heterocycles. The van der Waals surface area contributed by atoms with Crippen LogP contribution in [-0.4, -0.2) is 58.3 Å². The molecule has 2 aliphatic heterocycles. The lowest BCUT2D eigenvalue weighted by molar-refractivity contribution is -0.125. The second kappa shape index (κ2) is 8.66. The van der Waals surface area contributed by atoms with Crippen molar-refractivity contribution in [1.29, 1.82) is 0 Å². The predicted octanol–water partition coefficient (Wildman–Crippen LogP) is 1.04. The number of carbonyl (C=O) groups is 2. The zero-order chi connectivity index (χ0) is 19.8. The number of halogens is 1. The van der Waals surface area contributed by atoms with Crippen LogP contribution >= 0.6 is 24.0 Å². The summed E-state index contributed by atoms with van der Waals surface area (Å²) in [6, 6.07) is -0.399. The van der Waals surface area contributed by atoms with Gasteiger partial charge in [-0.1, -0.05) is 0 Å². The van der Waals surface area contributed by atoms with Gasteiger partial charge in [-0.3, -0.25) is 19.8 Å². The van der Waals surface area contributed by atoms with Crippen LogP contribution in [0.2, 0.25) is 0 Å². The van der Waals surface area contributed by atoms with Crippen LogP contribution in [0.3, 0.4) is 0 Å². The number of rotatable bonds is 3. The Bertz CT molecular complexity index is 783. The average Bonchev–Trinajstić information content (AvgIpc) is 3.04. The Kier molecular flexibility index (Phi) is 6.94. The molecule has 3 rings (SSSR count). The highest BCUT2D eigenvalue weighted by Crippen LogP contribution is 2.30. The first kappa shape index (κ1) is 22.4. The SMILES string of the molecule is CN=C(NCc1c(C)nn(C)c1C)N1CCC(C2(C)NC(=O)NC2=O)CC1.I. The highest BCUT2D eigenvalue weighted by molar-refractivity contribution is 14.0. The Balaban J connectivity index is 0.00000280. The number of nitrogens with one attached hydrogen (secondary N) is 3. The summed E-state index contributed by atoms with van der Waals surface area (Å²) in [5.41, 5.74) is 2.54. The summed E-state index contributed by atoms with van der Waals surface area (Å²) in [5, 5.41) is 13.0. The third-order valence-corrected chi connectivity index (χ3v) is 5.98. The van der Waals surface area contributed by atoms with Crippen molar-refractivity contribution in [3.63, 3.8) is 0 Å². The molecule has 2 aliphatic rings. The van der Waals surface area contributed by atoms with E-state index in [9.17, 15) is 9.59 Å². The molecule has 0 radical (unpaired) electrons. The van der Waals surface area contributed by atoms with E-state index in [1.165, 1.54) is 5.56 Å². The van der Waals surface area contributed by atoms with E-state index in [0.29, 0.717) is 6.54 Å². The molecule has 1 atom stereocenters. The highest BCUT2D eigenvalue weighted by atomic mass is 127. The molecular formula is C18H30IN7O2. The van der Waals surface area contributed by atoms with Gasteiger partial charge in [0.2, 0.25) is 0 Å². The maximum atomic E-state index is 12.2. The minimum Gasteiger partial charge on any atom is -0.352 e. The van der Waals surface area contributed by atoms with Gasteiger partial charge in [-0.2, -0.15) is 5.10 Å². The highest BCUT2D eigenvalue weighted by Gasteiger charge is 2.48. The van der Waals surface area contributed by atoms with Crippen LogP contribution < -0.4 is 16.0 Å². The van der Waals surface area contributed by atoms with Gasteiger partial charge in [-0.05, 0) is 39.5 Å². The van der Waals surface area contributed by atoms with E-state index >= 15 is 0 Å². The van der Waals surface area contributed by atoms with E-state index in [0.717, 1.165) is 43.3 Å². The average molecular weight is 503 g/mol. The number of hydrogen-bond donors (Lipinski definition) is 3. The molecule has 1 aromatic rings. The summed E-state index contributed by atoms with van der Waals surface area (Å²) < 4.78 is 1.89. The zero-order valence-corrected chi connectivity index (χ0v) is 19.5. The Labute approximate surface area is 182 Å². The Morgan fingerprint density at radius 3 is 2.43 bits per heavy atom. The molecule has 0 aromatic carbocycles. The number of aliphatic imine (C=N–C) groups is 1. The third-order valence-electron chi connectivity index (χ3n) is 5.98. The van der Waals surface area contributed by atoms with Crippen molar-refractivity contribution in [3.8, 4) is 0 Å². The summed E-state index contributed by atoms with van der Waals surface area (Å²) in [5.74, 6) is 0.735. The Morgan fingerprint density at radius 1 is 1.32 bits per heavy atom. The minimum absolute atomic E-state index is 0. The largest absolute Gasteiger partial charge is 0.352 e. The van der Waals surface area contributed by atoms with E-state index in [-0.39, 0.29) is 35.8 Å². The molecule has 9 nitrogen and oxygen atoms in total.